The SMILES string of the molecule is CN1CCN(C(=O)C(Cc2ccc(C#N)cc2)NC(=O)OC(C)(C)C)CC1. The van der Waals surface area contributed by atoms with Crippen molar-refractivity contribution in [3.8, 4) is 6.07 Å². The molecule has 1 aliphatic heterocycles. The van der Waals surface area contributed by atoms with Gasteiger partial charge >= 0.3 is 6.09 Å². The summed E-state index contributed by atoms with van der Waals surface area (Å²) in [5.41, 5.74) is 0.790. The van der Waals surface area contributed by atoms with E-state index in [0.717, 1.165) is 18.7 Å². The second-order valence-corrected chi connectivity index (χ2v) is 7.84. The molecule has 1 aliphatic rings. The van der Waals surface area contributed by atoms with Crippen molar-refractivity contribution in [2.24, 2.45) is 0 Å². The maximum atomic E-state index is 13.0. The van der Waals surface area contributed by atoms with Crippen LogP contribution in [0.2, 0.25) is 0 Å². The molecule has 1 saturated heterocycles. The first kappa shape index (κ1) is 20.7. The second-order valence-electron chi connectivity index (χ2n) is 7.84. The summed E-state index contributed by atoms with van der Waals surface area (Å²) in [6.07, 6.45) is -0.264. The number of carbonyl (C=O) groups is 2. The average Bonchev–Trinajstić information content (AvgIpc) is 2.60. The van der Waals surface area contributed by atoms with Gasteiger partial charge in [-0.15, -0.1) is 0 Å². The molecule has 7 heteroatoms. The van der Waals surface area contributed by atoms with Crippen LogP contribution in [0, 0.1) is 11.3 Å². The highest BCUT2D eigenvalue weighted by Gasteiger charge is 2.29. The van der Waals surface area contributed by atoms with Gasteiger partial charge in [-0.2, -0.15) is 5.26 Å². The predicted molar refractivity (Wildman–Crippen MR) is 102 cm³/mol. The zero-order chi connectivity index (χ0) is 20.0. The molecule has 0 aliphatic carbocycles. The highest BCUT2D eigenvalue weighted by molar-refractivity contribution is 5.86. The summed E-state index contributed by atoms with van der Waals surface area (Å²) in [5.74, 6) is -0.113. The second kappa shape index (κ2) is 8.87. The van der Waals surface area contributed by atoms with Crippen LogP contribution in [0.5, 0.6) is 0 Å². The summed E-state index contributed by atoms with van der Waals surface area (Å²) in [6, 6.07) is 8.39. The van der Waals surface area contributed by atoms with Crippen LogP contribution in [-0.4, -0.2) is 66.7 Å². The van der Waals surface area contributed by atoms with Gasteiger partial charge < -0.3 is 19.9 Å². The Morgan fingerprint density at radius 1 is 1.19 bits per heavy atom. The number of likely N-dealkylation sites (N-methyl/N-ethyl adjacent to an activating group) is 1. The number of amides is 2. The molecule has 0 radical (unpaired) electrons. The molecule has 0 spiro atoms. The van der Waals surface area contributed by atoms with E-state index in [9.17, 15) is 9.59 Å². The lowest BCUT2D eigenvalue weighted by atomic mass is 10.0. The third-order valence-corrected chi connectivity index (χ3v) is 4.33. The average molecular weight is 372 g/mol. The predicted octanol–water partition coefficient (Wildman–Crippen LogP) is 1.77. The van der Waals surface area contributed by atoms with Crippen molar-refractivity contribution in [2.75, 3.05) is 33.2 Å². The summed E-state index contributed by atoms with van der Waals surface area (Å²) >= 11 is 0. The smallest absolute Gasteiger partial charge is 0.408 e. The number of alkyl carbamates (subject to hydrolysis) is 1. The molecule has 1 unspecified atom stereocenters. The van der Waals surface area contributed by atoms with Gasteiger partial charge in [-0.25, -0.2) is 4.79 Å². The van der Waals surface area contributed by atoms with Crippen LogP contribution in [-0.2, 0) is 16.0 Å². The van der Waals surface area contributed by atoms with Crippen molar-refractivity contribution in [1.29, 1.82) is 5.26 Å². The van der Waals surface area contributed by atoms with Gasteiger partial charge in [0.2, 0.25) is 5.91 Å². The zero-order valence-electron chi connectivity index (χ0n) is 16.5. The Labute approximate surface area is 160 Å². The first-order chi connectivity index (χ1) is 12.7. The van der Waals surface area contributed by atoms with Crippen LogP contribution >= 0.6 is 0 Å². The van der Waals surface area contributed by atoms with Crippen LogP contribution in [0.15, 0.2) is 24.3 Å². The quantitative estimate of drug-likeness (QED) is 0.871. The van der Waals surface area contributed by atoms with Crippen molar-refractivity contribution in [2.45, 2.75) is 38.8 Å². The normalized spacial score (nSPS) is 16.3. The number of carbonyl (C=O) groups excluding carboxylic acids is 2. The lowest BCUT2D eigenvalue weighted by Crippen LogP contribution is -2.55. The van der Waals surface area contributed by atoms with Crippen molar-refractivity contribution in [3.63, 3.8) is 0 Å². The van der Waals surface area contributed by atoms with E-state index in [2.05, 4.69) is 16.3 Å². The van der Waals surface area contributed by atoms with Crippen molar-refractivity contribution in [3.05, 3.63) is 35.4 Å². The van der Waals surface area contributed by atoms with E-state index in [0.29, 0.717) is 25.1 Å². The Morgan fingerprint density at radius 2 is 1.78 bits per heavy atom. The van der Waals surface area contributed by atoms with E-state index in [1.165, 1.54) is 0 Å². The molecule has 2 rings (SSSR count). The summed E-state index contributed by atoms with van der Waals surface area (Å²) in [6.45, 7) is 8.23. The van der Waals surface area contributed by atoms with Crippen LogP contribution in [0.4, 0.5) is 4.79 Å². The minimum atomic E-state index is -0.712. The maximum Gasteiger partial charge on any atom is 0.408 e. The zero-order valence-corrected chi connectivity index (χ0v) is 16.5. The molecule has 0 saturated carbocycles. The molecule has 1 N–H and O–H groups in total. The highest BCUT2D eigenvalue weighted by Crippen LogP contribution is 2.12. The minimum Gasteiger partial charge on any atom is -0.444 e. The van der Waals surface area contributed by atoms with E-state index >= 15 is 0 Å². The first-order valence-corrected chi connectivity index (χ1v) is 9.14. The lowest BCUT2D eigenvalue weighted by molar-refractivity contribution is -0.135. The summed E-state index contributed by atoms with van der Waals surface area (Å²) < 4.78 is 5.32. The standard InChI is InChI=1S/C20H28N4O3/c1-20(2,3)27-19(26)22-17(13-15-5-7-16(14-21)8-6-15)18(25)24-11-9-23(4)10-12-24/h5-8,17H,9-13H2,1-4H3,(H,22,26). The third kappa shape index (κ3) is 6.57. The van der Waals surface area contributed by atoms with Crippen LogP contribution < -0.4 is 5.32 Å². The molecule has 7 nitrogen and oxygen atoms in total. The summed E-state index contributed by atoms with van der Waals surface area (Å²) in [7, 11) is 2.02. The largest absolute Gasteiger partial charge is 0.444 e. The van der Waals surface area contributed by atoms with Crippen LogP contribution in [0.3, 0.4) is 0 Å². The molecule has 1 aromatic carbocycles. The van der Waals surface area contributed by atoms with E-state index in [1.807, 2.05) is 7.05 Å². The fourth-order valence-electron chi connectivity index (χ4n) is 2.85. The third-order valence-electron chi connectivity index (χ3n) is 4.33. The number of nitrogens with zero attached hydrogens (tertiary/aromatic N) is 3. The van der Waals surface area contributed by atoms with E-state index in [-0.39, 0.29) is 5.91 Å². The fraction of sp³-hybridized carbons (Fsp3) is 0.550. The number of ether oxygens (including phenoxy) is 1. The molecule has 1 atom stereocenters. The fourth-order valence-corrected chi connectivity index (χ4v) is 2.85. The summed E-state index contributed by atoms with van der Waals surface area (Å²) in [4.78, 5) is 29.2. The molecule has 2 amide bonds. The molecule has 1 aromatic rings. The molecule has 146 valence electrons. The van der Waals surface area contributed by atoms with Gasteiger partial charge in [0.05, 0.1) is 11.6 Å². The summed E-state index contributed by atoms with van der Waals surface area (Å²) in [5, 5.41) is 11.7. The van der Waals surface area contributed by atoms with E-state index < -0.39 is 17.7 Å². The first-order valence-electron chi connectivity index (χ1n) is 9.14. The van der Waals surface area contributed by atoms with Gasteiger partial charge in [0, 0.05) is 32.6 Å². The van der Waals surface area contributed by atoms with E-state index in [1.54, 1.807) is 49.9 Å². The van der Waals surface area contributed by atoms with Crippen molar-refractivity contribution in [1.82, 2.24) is 15.1 Å². The van der Waals surface area contributed by atoms with Gasteiger partial charge in [0.15, 0.2) is 0 Å². The number of nitriles is 1. The highest BCUT2D eigenvalue weighted by atomic mass is 16.6. The molecular formula is C20H28N4O3. The topological polar surface area (TPSA) is 85.7 Å². The Hall–Kier alpha value is -2.59. The number of benzene rings is 1. The van der Waals surface area contributed by atoms with Gasteiger partial charge in [-0.05, 0) is 45.5 Å². The molecule has 0 bridgehead atoms. The van der Waals surface area contributed by atoms with Gasteiger partial charge in [0.1, 0.15) is 11.6 Å². The lowest BCUT2D eigenvalue weighted by Gasteiger charge is -2.35. The van der Waals surface area contributed by atoms with Gasteiger partial charge in [-0.3, -0.25) is 4.79 Å². The van der Waals surface area contributed by atoms with Gasteiger partial charge in [0.25, 0.3) is 0 Å². The van der Waals surface area contributed by atoms with E-state index in [4.69, 9.17) is 10.00 Å². The van der Waals surface area contributed by atoms with Crippen LogP contribution in [0.25, 0.3) is 0 Å². The Balaban J connectivity index is 2.12. The molecule has 1 heterocycles. The van der Waals surface area contributed by atoms with Crippen molar-refractivity contribution >= 4 is 12.0 Å². The minimum absolute atomic E-state index is 0.113. The van der Waals surface area contributed by atoms with Crippen molar-refractivity contribution < 1.29 is 14.3 Å². The Kier molecular flexibility index (Phi) is 6.81. The van der Waals surface area contributed by atoms with Crippen LogP contribution in [0.1, 0.15) is 31.9 Å². The molecule has 0 aromatic heterocycles. The van der Waals surface area contributed by atoms with Gasteiger partial charge in [-0.1, -0.05) is 12.1 Å². The number of rotatable bonds is 4. The molecular weight excluding hydrogens is 344 g/mol. The number of hydrogen-bond acceptors (Lipinski definition) is 5. The molecule has 27 heavy (non-hydrogen) atoms. The maximum absolute atomic E-state index is 13.0. The monoisotopic (exact) mass is 372 g/mol. The number of hydrogen-bond donors (Lipinski definition) is 1. The number of nitrogens with one attached hydrogen (secondary N) is 1. The Morgan fingerprint density at radius 3 is 2.30 bits per heavy atom. The number of piperazine rings is 1. The molecule has 1 fully saturated rings. The Bertz CT molecular complexity index is 695.